The number of unbranched alkanes of at least 4 members (excludes halogenated alkanes) is 13. The molecule has 8 nitrogen and oxygen atoms in total. The molecule has 8 heteroatoms. The number of aliphatic hydroxyl groups is 1. The highest BCUT2D eigenvalue weighted by Gasteiger charge is 2.18. The van der Waals surface area contributed by atoms with Gasteiger partial charge in [-0.1, -0.05) is 90.4 Å². The molecule has 1 aromatic rings. The summed E-state index contributed by atoms with van der Waals surface area (Å²) in [5.74, 6) is -2.35. The zero-order valence-electron chi connectivity index (χ0n) is 21.3. The molecule has 0 aliphatic carbocycles. The molecule has 0 fully saturated rings. The van der Waals surface area contributed by atoms with Gasteiger partial charge < -0.3 is 20.3 Å². The highest BCUT2D eigenvalue weighted by Crippen LogP contribution is 2.27. The van der Waals surface area contributed by atoms with E-state index in [4.69, 9.17) is 4.74 Å². The molecule has 1 amide bonds. The Bertz CT molecular complexity index is 818. The van der Waals surface area contributed by atoms with Crippen LogP contribution in [0.1, 0.15) is 114 Å². The van der Waals surface area contributed by atoms with Gasteiger partial charge in [0.25, 0.3) is 5.91 Å². The number of nitroso groups, excluding NO2 is 1. The number of ether oxygens (including phenoxy) is 1. The Morgan fingerprint density at radius 3 is 1.83 bits per heavy atom. The molecule has 0 heterocycles. The topological polar surface area (TPSA) is 125 Å². The second-order valence-electron chi connectivity index (χ2n) is 8.94. The maximum Gasteiger partial charge on any atom is 0.335 e. The Morgan fingerprint density at radius 2 is 1.37 bits per heavy atom. The number of aliphatic hydroxyl groups excluding tert-OH is 1. The van der Waals surface area contributed by atoms with E-state index in [1.807, 2.05) is 0 Å². The molecule has 0 bridgehead atoms. The molecule has 0 aliphatic heterocycles. The minimum absolute atomic E-state index is 0.0468. The lowest BCUT2D eigenvalue weighted by Crippen LogP contribution is -2.16. The van der Waals surface area contributed by atoms with Crippen LogP contribution in [0.5, 0.6) is 5.75 Å². The summed E-state index contributed by atoms with van der Waals surface area (Å²) in [4.78, 5) is 34.3. The quantitative estimate of drug-likeness (QED) is 0.0743. The van der Waals surface area contributed by atoms with Crippen LogP contribution in [0.3, 0.4) is 0 Å². The number of allylic oxidation sites excluding steroid dienone is 1. The Kier molecular flexibility index (Phi) is 15.9. The largest absolute Gasteiger partial charge is 0.510 e. The van der Waals surface area contributed by atoms with E-state index >= 15 is 0 Å². The van der Waals surface area contributed by atoms with E-state index in [-0.39, 0.29) is 11.3 Å². The van der Waals surface area contributed by atoms with Crippen LogP contribution in [-0.2, 0) is 4.79 Å². The van der Waals surface area contributed by atoms with Crippen LogP contribution in [0.2, 0.25) is 0 Å². The van der Waals surface area contributed by atoms with Crippen molar-refractivity contribution in [2.75, 3.05) is 11.9 Å². The summed E-state index contributed by atoms with van der Waals surface area (Å²) < 4.78 is 5.76. The predicted octanol–water partition coefficient (Wildman–Crippen LogP) is 7.74. The molecule has 0 saturated heterocycles. The van der Waals surface area contributed by atoms with E-state index in [1.54, 1.807) is 0 Å². The number of carboxylic acid groups (broad SMARTS) is 1. The molecule has 0 aromatic heterocycles. The second-order valence-corrected chi connectivity index (χ2v) is 8.94. The Morgan fingerprint density at radius 1 is 0.857 bits per heavy atom. The van der Waals surface area contributed by atoms with Crippen molar-refractivity contribution >= 4 is 17.6 Å². The van der Waals surface area contributed by atoms with Crippen LogP contribution in [0.4, 0.5) is 5.69 Å². The minimum Gasteiger partial charge on any atom is -0.510 e. The highest BCUT2D eigenvalue weighted by molar-refractivity contribution is 6.05. The number of nitrogens with zero attached hydrogens (tertiary/aromatic N) is 1. The van der Waals surface area contributed by atoms with Gasteiger partial charge >= 0.3 is 5.97 Å². The fourth-order valence-corrected chi connectivity index (χ4v) is 3.82. The molecule has 0 atom stereocenters. The summed E-state index contributed by atoms with van der Waals surface area (Å²) in [6.45, 7) is 3.83. The average Bonchev–Trinajstić information content (AvgIpc) is 2.82. The Labute approximate surface area is 209 Å². The van der Waals surface area contributed by atoms with E-state index in [0.29, 0.717) is 12.4 Å². The van der Waals surface area contributed by atoms with Crippen LogP contribution in [-0.4, -0.2) is 28.7 Å². The first-order chi connectivity index (χ1) is 16.9. The summed E-state index contributed by atoms with van der Waals surface area (Å²) in [7, 11) is 0. The number of anilines is 1. The molecule has 35 heavy (non-hydrogen) atoms. The minimum atomic E-state index is -1.17. The summed E-state index contributed by atoms with van der Waals surface area (Å²) in [6, 6.07) is 4.09. The molecule has 0 unspecified atom stereocenters. The van der Waals surface area contributed by atoms with Crippen LogP contribution < -0.4 is 10.1 Å². The maximum absolute atomic E-state index is 12.2. The Balaban J connectivity index is 2.33. The van der Waals surface area contributed by atoms with E-state index in [2.05, 4.69) is 17.4 Å². The molecular formula is C27H42N2O6. The first kappa shape index (κ1) is 30.1. The molecule has 3 N–H and O–H groups in total. The summed E-state index contributed by atoms with van der Waals surface area (Å²) in [5.41, 5.74) is -0.624. The predicted molar refractivity (Wildman–Crippen MR) is 139 cm³/mol. The number of nitrogens with one attached hydrogen (secondary N) is 1. The molecule has 196 valence electrons. The van der Waals surface area contributed by atoms with Gasteiger partial charge in [0.2, 0.25) is 5.70 Å². The zero-order chi connectivity index (χ0) is 25.9. The number of hydrogen-bond donors (Lipinski definition) is 3. The third-order valence-electron chi connectivity index (χ3n) is 5.88. The van der Waals surface area contributed by atoms with Gasteiger partial charge in [-0.2, -0.15) is 0 Å². The number of rotatable bonds is 20. The van der Waals surface area contributed by atoms with Crippen molar-refractivity contribution in [3.05, 3.63) is 40.1 Å². The molecule has 0 saturated carbocycles. The van der Waals surface area contributed by atoms with Crippen LogP contribution in [0.15, 0.2) is 34.8 Å². The smallest absolute Gasteiger partial charge is 0.335 e. The van der Waals surface area contributed by atoms with Crippen LogP contribution >= 0.6 is 0 Å². The summed E-state index contributed by atoms with van der Waals surface area (Å²) in [6.07, 6.45) is 17.6. The summed E-state index contributed by atoms with van der Waals surface area (Å²) >= 11 is 0. The number of carbonyl (C=O) groups is 2. The lowest BCUT2D eigenvalue weighted by Gasteiger charge is -2.13. The van der Waals surface area contributed by atoms with E-state index in [1.165, 1.54) is 88.8 Å². The summed E-state index contributed by atoms with van der Waals surface area (Å²) in [5, 5.41) is 23.6. The van der Waals surface area contributed by atoms with Gasteiger partial charge in [0, 0.05) is 0 Å². The van der Waals surface area contributed by atoms with Gasteiger partial charge in [0.05, 0.1) is 17.9 Å². The molecule has 1 rings (SSSR count). The molecule has 0 radical (unpaired) electrons. The van der Waals surface area contributed by atoms with E-state index < -0.39 is 23.3 Å². The van der Waals surface area contributed by atoms with Gasteiger partial charge in [-0.3, -0.25) is 4.79 Å². The SMILES string of the molecule is CCCCCCCCCCCCCCCCOc1ccc(C(=O)O)cc1NC(=O)C(N=O)=C(C)O. The standard InChI is InChI=1S/C27H42N2O6/c1-3-4-5-6-7-8-9-10-11-12-13-14-15-16-19-35-24-18-17-22(27(32)33)20-23(24)28-26(31)25(29-34)21(2)30/h17-18,20,30H,3-16,19H2,1-2H3,(H,28,31)(H,32,33). The third kappa shape index (κ3) is 12.9. The fourth-order valence-electron chi connectivity index (χ4n) is 3.82. The van der Waals surface area contributed by atoms with E-state index in [9.17, 15) is 24.7 Å². The van der Waals surface area contributed by atoms with E-state index in [0.717, 1.165) is 26.2 Å². The van der Waals surface area contributed by atoms with Gasteiger partial charge in [0.15, 0.2) is 0 Å². The fraction of sp³-hybridized carbons (Fsp3) is 0.630. The zero-order valence-corrected chi connectivity index (χ0v) is 21.3. The molecule has 0 aliphatic rings. The second kappa shape index (κ2) is 18.4. The van der Waals surface area contributed by atoms with Gasteiger partial charge in [-0.05, 0) is 36.7 Å². The lowest BCUT2D eigenvalue weighted by atomic mass is 10.0. The number of carbonyl (C=O) groups excluding carboxylic acids is 1. The van der Waals surface area contributed by atoms with Gasteiger partial charge in [-0.15, -0.1) is 4.91 Å². The van der Waals surface area contributed by atoms with Crippen molar-refractivity contribution in [3.8, 4) is 5.75 Å². The number of hydrogen-bond acceptors (Lipinski definition) is 6. The first-order valence-electron chi connectivity index (χ1n) is 12.9. The third-order valence-corrected chi connectivity index (χ3v) is 5.88. The van der Waals surface area contributed by atoms with Crippen LogP contribution in [0.25, 0.3) is 0 Å². The highest BCUT2D eigenvalue weighted by atomic mass is 16.5. The lowest BCUT2D eigenvalue weighted by molar-refractivity contribution is -0.113. The van der Waals surface area contributed by atoms with Crippen molar-refractivity contribution in [1.29, 1.82) is 0 Å². The average molecular weight is 491 g/mol. The van der Waals surface area contributed by atoms with Crippen molar-refractivity contribution in [3.63, 3.8) is 0 Å². The van der Waals surface area contributed by atoms with Crippen molar-refractivity contribution in [2.45, 2.75) is 104 Å². The van der Waals surface area contributed by atoms with Gasteiger partial charge in [-0.25, -0.2) is 4.79 Å². The van der Waals surface area contributed by atoms with Crippen LogP contribution in [0, 0.1) is 4.91 Å². The normalized spacial score (nSPS) is 11.6. The number of benzene rings is 1. The molecule has 0 spiro atoms. The first-order valence-corrected chi connectivity index (χ1v) is 12.9. The van der Waals surface area contributed by atoms with Gasteiger partial charge in [0.1, 0.15) is 11.5 Å². The van der Waals surface area contributed by atoms with Crippen molar-refractivity contribution in [2.24, 2.45) is 5.18 Å². The number of aromatic carboxylic acids is 1. The number of amides is 1. The Hall–Kier alpha value is -2.90. The monoisotopic (exact) mass is 490 g/mol. The maximum atomic E-state index is 12.2. The molecular weight excluding hydrogens is 448 g/mol. The number of carboxylic acids is 1. The molecule has 1 aromatic carbocycles. The van der Waals surface area contributed by atoms with Crippen molar-refractivity contribution < 1.29 is 24.5 Å². The van der Waals surface area contributed by atoms with Crippen molar-refractivity contribution in [1.82, 2.24) is 0 Å².